The van der Waals surface area contributed by atoms with E-state index in [1.807, 2.05) is 0 Å². The molecule has 0 bridgehead atoms. The molecule has 22 heavy (non-hydrogen) atoms. The van der Waals surface area contributed by atoms with E-state index in [2.05, 4.69) is 19.1 Å². The molecule has 1 N–H and O–H groups in total. The van der Waals surface area contributed by atoms with Crippen LogP contribution in [0.1, 0.15) is 90.9 Å². The number of hydrogen-bond donors (Lipinski definition) is 1. The Balaban J connectivity index is 3.72. The molecule has 0 aliphatic rings. The van der Waals surface area contributed by atoms with Crippen molar-refractivity contribution < 1.29 is 14.7 Å². The van der Waals surface area contributed by atoms with Crippen LogP contribution < -0.4 is 0 Å². The van der Waals surface area contributed by atoms with Crippen molar-refractivity contribution in [2.75, 3.05) is 0 Å². The maximum atomic E-state index is 11.6. The highest BCUT2D eigenvalue weighted by Gasteiger charge is 2.09. The third-order valence-corrected chi connectivity index (χ3v) is 4.02. The van der Waals surface area contributed by atoms with E-state index in [-0.39, 0.29) is 18.1 Å². The van der Waals surface area contributed by atoms with E-state index in [1.54, 1.807) is 6.92 Å². The molecular weight excluding hydrogens is 276 g/mol. The van der Waals surface area contributed by atoms with E-state index in [0.717, 1.165) is 38.5 Å². The molecular formula is C19H34O3. The molecule has 0 heterocycles. The Morgan fingerprint density at radius 2 is 1.59 bits per heavy atom. The summed E-state index contributed by atoms with van der Waals surface area (Å²) in [5.74, 6) is -0.425. The quantitative estimate of drug-likeness (QED) is 0.319. The van der Waals surface area contributed by atoms with E-state index >= 15 is 0 Å². The molecule has 1 unspecified atom stereocenters. The van der Waals surface area contributed by atoms with Crippen LogP contribution in [0.3, 0.4) is 0 Å². The predicted molar refractivity (Wildman–Crippen MR) is 92.0 cm³/mol. The first-order valence-corrected chi connectivity index (χ1v) is 8.96. The van der Waals surface area contributed by atoms with Gasteiger partial charge >= 0.3 is 5.97 Å². The smallest absolute Gasteiger partial charge is 0.303 e. The SMILES string of the molecule is CCCCCCC/C=C\C(CCCCCCC(=O)O)C(C)=O. The number of carbonyl (C=O) groups is 2. The topological polar surface area (TPSA) is 54.4 Å². The van der Waals surface area contributed by atoms with Crippen LogP contribution in [-0.4, -0.2) is 16.9 Å². The Kier molecular flexibility index (Phi) is 14.0. The van der Waals surface area contributed by atoms with Crippen LogP contribution in [-0.2, 0) is 9.59 Å². The van der Waals surface area contributed by atoms with E-state index in [0.29, 0.717) is 0 Å². The van der Waals surface area contributed by atoms with Gasteiger partial charge in [-0.25, -0.2) is 0 Å². The summed E-state index contributed by atoms with van der Waals surface area (Å²) in [5.41, 5.74) is 0. The number of Topliss-reactive ketones (excluding diaryl/α,β-unsaturated/α-hetero) is 1. The summed E-state index contributed by atoms with van der Waals surface area (Å²) in [6, 6.07) is 0. The molecule has 3 heteroatoms. The lowest BCUT2D eigenvalue weighted by Gasteiger charge is -2.08. The average molecular weight is 310 g/mol. The molecule has 0 radical (unpaired) electrons. The largest absolute Gasteiger partial charge is 0.481 e. The summed E-state index contributed by atoms with van der Waals surface area (Å²) < 4.78 is 0. The van der Waals surface area contributed by atoms with Crippen LogP contribution in [0.15, 0.2) is 12.2 Å². The van der Waals surface area contributed by atoms with Crippen molar-refractivity contribution in [1.82, 2.24) is 0 Å². The van der Waals surface area contributed by atoms with Crippen molar-refractivity contribution >= 4 is 11.8 Å². The summed E-state index contributed by atoms with van der Waals surface area (Å²) >= 11 is 0. The lowest BCUT2D eigenvalue weighted by atomic mass is 9.96. The highest BCUT2D eigenvalue weighted by Crippen LogP contribution is 2.15. The number of carbonyl (C=O) groups excluding carboxylic acids is 1. The fraction of sp³-hybridized carbons (Fsp3) is 0.789. The first-order chi connectivity index (χ1) is 10.6. The van der Waals surface area contributed by atoms with Crippen molar-refractivity contribution in [2.24, 2.45) is 5.92 Å². The molecule has 0 rings (SSSR count). The van der Waals surface area contributed by atoms with Gasteiger partial charge in [-0.3, -0.25) is 9.59 Å². The van der Waals surface area contributed by atoms with E-state index in [9.17, 15) is 9.59 Å². The number of carboxylic acids is 1. The second kappa shape index (κ2) is 14.8. The maximum absolute atomic E-state index is 11.6. The van der Waals surface area contributed by atoms with E-state index in [4.69, 9.17) is 5.11 Å². The molecule has 0 aliphatic carbocycles. The lowest BCUT2D eigenvalue weighted by Crippen LogP contribution is -2.07. The minimum absolute atomic E-state index is 0.0510. The lowest BCUT2D eigenvalue weighted by molar-refractivity contribution is -0.137. The van der Waals surface area contributed by atoms with Gasteiger partial charge in [0.15, 0.2) is 0 Å². The van der Waals surface area contributed by atoms with Gasteiger partial charge in [0.1, 0.15) is 5.78 Å². The van der Waals surface area contributed by atoms with Crippen molar-refractivity contribution in [3.63, 3.8) is 0 Å². The zero-order valence-electron chi connectivity index (χ0n) is 14.5. The zero-order chi connectivity index (χ0) is 16.6. The Morgan fingerprint density at radius 3 is 2.23 bits per heavy atom. The Labute approximate surface area is 136 Å². The average Bonchev–Trinajstić information content (AvgIpc) is 2.46. The molecule has 0 saturated carbocycles. The highest BCUT2D eigenvalue weighted by molar-refractivity contribution is 5.79. The van der Waals surface area contributed by atoms with Crippen LogP contribution in [0.5, 0.6) is 0 Å². The number of hydrogen-bond acceptors (Lipinski definition) is 2. The summed E-state index contributed by atoms with van der Waals surface area (Å²) in [4.78, 5) is 22.0. The summed E-state index contributed by atoms with van der Waals surface area (Å²) in [5, 5.41) is 8.57. The van der Waals surface area contributed by atoms with Crippen LogP contribution in [0, 0.1) is 5.92 Å². The standard InChI is InChI=1S/C19H34O3/c1-3-4-5-6-7-8-11-14-18(17(2)20)15-12-9-10-13-16-19(21)22/h11,14,18H,3-10,12-13,15-16H2,1-2H3,(H,21,22)/b14-11-. The second-order valence-electron chi connectivity index (χ2n) is 6.19. The first kappa shape index (κ1) is 20.9. The number of rotatable bonds is 15. The van der Waals surface area contributed by atoms with Gasteiger partial charge in [0.05, 0.1) is 0 Å². The van der Waals surface area contributed by atoms with Gasteiger partial charge in [0.2, 0.25) is 0 Å². The molecule has 0 aromatic rings. The third-order valence-electron chi connectivity index (χ3n) is 4.02. The van der Waals surface area contributed by atoms with E-state index in [1.165, 1.54) is 32.1 Å². The van der Waals surface area contributed by atoms with Crippen LogP contribution >= 0.6 is 0 Å². The molecule has 128 valence electrons. The normalized spacial score (nSPS) is 12.6. The number of ketones is 1. The molecule has 0 fully saturated rings. The number of carboxylic acid groups (broad SMARTS) is 1. The summed E-state index contributed by atoms with van der Waals surface area (Å²) in [6.45, 7) is 3.89. The van der Waals surface area contributed by atoms with Gasteiger partial charge in [-0.05, 0) is 32.6 Å². The molecule has 0 saturated heterocycles. The summed E-state index contributed by atoms with van der Waals surface area (Å²) in [7, 11) is 0. The van der Waals surface area contributed by atoms with Crippen LogP contribution in [0.25, 0.3) is 0 Å². The predicted octanol–water partition coefficient (Wildman–Crippen LogP) is 5.53. The molecule has 0 spiro atoms. The van der Waals surface area contributed by atoms with Gasteiger partial charge in [-0.15, -0.1) is 0 Å². The van der Waals surface area contributed by atoms with Gasteiger partial charge < -0.3 is 5.11 Å². The first-order valence-electron chi connectivity index (χ1n) is 8.96. The fourth-order valence-corrected chi connectivity index (χ4v) is 2.56. The minimum atomic E-state index is -0.719. The third kappa shape index (κ3) is 13.8. The Morgan fingerprint density at radius 1 is 0.955 bits per heavy atom. The molecule has 3 nitrogen and oxygen atoms in total. The molecule has 0 amide bonds. The number of aliphatic carboxylic acids is 1. The minimum Gasteiger partial charge on any atom is -0.481 e. The van der Waals surface area contributed by atoms with Crippen molar-refractivity contribution in [3.05, 3.63) is 12.2 Å². The molecule has 0 aliphatic heterocycles. The second-order valence-corrected chi connectivity index (χ2v) is 6.19. The molecule has 0 aromatic carbocycles. The molecule has 1 atom stereocenters. The van der Waals surface area contributed by atoms with Crippen LogP contribution in [0.4, 0.5) is 0 Å². The van der Waals surface area contributed by atoms with Crippen LogP contribution in [0.2, 0.25) is 0 Å². The zero-order valence-corrected chi connectivity index (χ0v) is 14.5. The van der Waals surface area contributed by atoms with Gasteiger partial charge in [-0.2, -0.15) is 0 Å². The van der Waals surface area contributed by atoms with Crippen molar-refractivity contribution in [3.8, 4) is 0 Å². The van der Waals surface area contributed by atoms with Gasteiger partial charge in [0, 0.05) is 12.3 Å². The van der Waals surface area contributed by atoms with E-state index < -0.39 is 5.97 Å². The summed E-state index contributed by atoms with van der Waals surface area (Å²) in [6.07, 6.45) is 16.6. The Bertz CT molecular complexity index is 321. The fourth-order valence-electron chi connectivity index (χ4n) is 2.56. The van der Waals surface area contributed by atoms with Gasteiger partial charge in [-0.1, -0.05) is 64.0 Å². The Hall–Kier alpha value is -1.12. The highest BCUT2D eigenvalue weighted by atomic mass is 16.4. The number of allylic oxidation sites excluding steroid dienone is 2. The van der Waals surface area contributed by atoms with Crippen molar-refractivity contribution in [1.29, 1.82) is 0 Å². The van der Waals surface area contributed by atoms with Crippen molar-refractivity contribution in [2.45, 2.75) is 90.9 Å². The monoisotopic (exact) mass is 310 g/mol. The van der Waals surface area contributed by atoms with Gasteiger partial charge in [0.25, 0.3) is 0 Å². The maximum Gasteiger partial charge on any atom is 0.303 e. The molecule has 0 aromatic heterocycles. The number of unbranched alkanes of at least 4 members (excludes halogenated alkanes) is 8.